The molecule has 2 aliphatic heterocycles. The number of rotatable bonds is 7. The lowest BCUT2D eigenvalue weighted by Gasteiger charge is -2.28. The average Bonchev–Trinajstić information content (AvgIpc) is 3.30. The molecule has 2 heterocycles. The molecule has 3 atom stereocenters. The summed E-state index contributed by atoms with van der Waals surface area (Å²) < 4.78 is 17.3. The number of alkyl carbamates (subject to hydrolysis) is 1. The van der Waals surface area contributed by atoms with Gasteiger partial charge in [0.1, 0.15) is 12.1 Å². The van der Waals surface area contributed by atoms with Crippen LogP contribution in [0.5, 0.6) is 0 Å². The zero-order valence-corrected chi connectivity index (χ0v) is 24.6. The number of amides is 2. The van der Waals surface area contributed by atoms with Crippen LogP contribution < -0.4 is 5.32 Å². The van der Waals surface area contributed by atoms with Crippen LogP contribution in [0.25, 0.3) is 0 Å². The topological polar surface area (TPSA) is 94.2 Å². The summed E-state index contributed by atoms with van der Waals surface area (Å²) in [6.07, 6.45) is 5.30. The van der Waals surface area contributed by atoms with E-state index < -0.39 is 32.2 Å². The molecule has 1 saturated heterocycles. The van der Waals surface area contributed by atoms with E-state index in [1.807, 2.05) is 19.1 Å². The van der Waals surface area contributed by atoms with E-state index in [-0.39, 0.29) is 18.6 Å². The van der Waals surface area contributed by atoms with Crippen LogP contribution in [0.3, 0.4) is 0 Å². The molecule has 4 bridgehead atoms. The molecule has 0 aromatic heterocycles. The van der Waals surface area contributed by atoms with Crippen molar-refractivity contribution in [2.75, 3.05) is 19.8 Å². The zero-order chi connectivity index (χ0) is 27.5. The predicted molar refractivity (Wildman–Crippen MR) is 150 cm³/mol. The summed E-state index contributed by atoms with van der Waals surface area (Å²) in [6, 6.07) is 7.74. The van der Waals surface area contributed by atoms with Crippen molar-refractivity contribution in [2.24, 2.45) is 0 Å². The zero-order valence-electron chi connectivity index (χ0n) is 23.6. The Bertz CT molecular complexity index is 934. The number of ether oxygens (including phenoxy) is 3. The van der Waals surface area contributed by atoms with E-state index >= 15 is 0 Å². The first-order valence-electron chi connectivity index (χ1n) is 14.3. The van der Waals surface area contributed by atoms with Gasteiger partial charge in [0.25, 0.3) is 0 Å². The standard InChI is InChI=1S/C29H46N2O6Si/c1-5-6-14-25-27(32)31-20-24(19-26(31)28(33)35-16-17-38(2,3)4)37-21-23-13-10-12-22(18-23)11-8-7-9-15-36-29(34)30-25/h10,12-13,18,24-26H,5-9,11,14-17,19-21H2,1-4H3,(H,30,34)/t24-,25+,26+/m1/s1. The number of carbonyl (C=O) groups excluding carboxylic acids is 3. The van der Waals surface area contributed by atoms with Crippen LogP contribution in [0.1, 0.15) is 63.0 Å². The lowest BCUT2D eigenvalue weighted by molar-refractivity contribution is -0.153. The molecule has 3 rings (SSSR count). The third-order valence-corrected chi connectivity index (χ3v) is 8.87. The van der Waals surface area contributed by atoms with Gasteiger partial charge in [-0.1, -0.05) is 63.7 Å². The average molecular weight is 547 g/mol. The fourth-order valence-electron chi connectivity index (χ4n) is 4.85. The largest absolute Gasteiger partial charge is 0.464 e. The van der Waals surface area contributed by atoms with E-state index in [2.05, 4.69) is 37.1 Å². The fourth-order valence-corrected chi connectivity index (χ4v) is 5.57. The van der Waals surface area contributed by atoms with Gasteiger partial charge in [0.15, 0.2) is 0 Å². The van der Waals surface area contributed by atoms with Crippen LogP contribution in [0.4, 0.5) is 4.79 Å². The molecule has 1 aromatic carbocycles. The highest BCUT2D eigenvalue weighted by atomic mass is 28.3. The number of nitrogens with zero attached hydrogens (tertiary/aromatic N) is 1. The van der Waals surface area contributed by atoms with E-state index in [9.17, 15) is 14.4 Å². The first-order valence-corrected chi connectivity index (χ1v) is 18.0. The molecule has 9 heteroatoms. The van der Waals surface area contributed by atoms with Crippen LogP contribution >= 0.6 is 0 Å². The van der Waals surface area contributed by atoms with E-state index in [1.54, 1.807) is 4.90 Å². The Morgan fingerprint density at radius 3 is 2.71 bits per heavy atom. The highest BCUT2D eigenvalue weighted by molar-refractivity contribution is 6.76. The molecule has 0 spiro atoms. The van der Waals surface area contributed by atoms with Gasteiger partial charge >= 0.3 is 12.1 Å². The van der Waals surface area contributed by atoms with E-state index in [0.717, 1.165) is 50.1 Å². The molecular weight excluding hydrogens is 500 g/mol. The Hall–Kier alpha value is -2.39. The van der Waals surface area contributed by atoms with Crippen molar-refractivity contribution >= 4 is 26.0 Å². The number of aryl methyl sites for hydroxylation is 1. The Morgan fingerprint density at radius 2 is 1.95 bits per heavy atom. The van der Waals surface area contributed by atoms with Gasteiger partial charge in [-0.25, -0.2) is 9.59 Å². The molecule has 8 nitrogen and oxygen atoms in total. The molecule has 1 aromatic rings. The molecule has 0 radical (unpaired) electrons. The number of nitrogens with one attached hydrogen (secondary N) is 1. The van der Waals surface area contributed by atoms with Gasteiger partial charge in [0.2, 0.25) is 5.91 Å². The number of fused-ring (bicyclic) bond motifs is 4. The maximum absolute atomic E-state index is 13.7. The Morgan fingerprint density at radius 1 is 1.16 bits per heavy atom. The molecule has 212 valence electrons. The lowest BCUT2D eigenvalue weighted by Crippen LogP contribution is -2.52. The van der Waals surface area contributed by atoms with Crippen molar-refractivity contribution in [3.05, 3.63) is 35.4 Å². The van der Waals surface area contributed by atoms with E-state index in [0.29, 0.717) is 32.7 Å². The maximum atomic E-state index is 13.7. The Balaban J connectivity index is 1.80. The smallest absolute Gasteiger partial charge is 0.407 e. The van der Waals surface area contributed by atoms with Crippen LogP contribution in [0, 0.1) is 0 Å². The third kappa shape index (κ3) is 9.73. The van der Waals surface area contributed by atoms with Gasteiger partial charge in [0.05, 0.1) is 25.9 Å². The summed E-state index contributed by atoms with van der Waals surface area (Å²) in [6.45, 7) is 10.1. The van der Waals surface area contributed by atoms with Crippen LogP contribution in [-0.4, -0.2) is 68.9 Å². The van der Waals surface area contributed by atoms with Crippen molar-refractivity contribution < 1.29 is 28.6 Å². The summed E-state index contributed by atoms with van der Waals surface area (Å²) in [4.78, 5) is 41.0. The SMILES string of the molecule is CCCC[C@@H]1NC(=O)OCCCCCc2cccc(c2)CO[C@@H]2C[C@@H](C(=O)OCC[Si](C)(C)C)N(C2)C1=O. The van der Waals surface area contributed by atoms with Gasteiger partial charge in [-0.3, -0.25) is 4.79 Å². The molecule has 0 saturated carbocycles. The minimum absolute atomic E-state index is 0.281. The number of carbonyl (C=O) groups is 3. The molecule has 1 fully saturated rings. The van der Waals surface area contributed by atoms with Crippen molar-refractivity contribution in [1.82, 2.24) is 10.2 Å². The Labute approximate surface area is 228 Å². The van der Waals surface area contributed by atoms with Crippen LogP contribution in [0.2, 0.25) is 25.7 Å². The summed E-state index contributed by atoms with van der Waals surface area (Å²) in [7, 11) is -1.38. The highest BCUT2D eigenvalue weighted by Gasteiger charge is 2.43. The molecule has 1 N–H and O–H groups in total. The first-order chi connectivity index (χ1) is 18.2. The molecule has 38 heavy (non-hydrogen) atoms. The van der Waals surface area contributed by atoms with Gasteiger partial charge in [-0.05, 0) is 49.3 Å². The number of hydrogen-bond donors (Lipinski definition) is 1. The predicted octanol–water partition coefficient (Wildman–Crippen LogP) is 5.07. The number of cyclic esters (lactones) is 1. The summed E-state index contributed by atoms with van der Waals surface area (Å²) in [5.74, 6) is -0.677. The van der Waals surface area contributed by atoms with Crippen LogP contribution in [0.15, 0.2) is 24.3 Å². The second-order valence-electron chi connectivity index (χ2n) is 11.8. The number of esters is 1. The normalized spacial score (nSPS) is 23.7. The van der Waals surface area contributed by atoms with Crippen molar-refractivity contribution in [1.29, 1.82) is 0 Å². The maximum Gasteiger partial charge on any atom is 0.407 e. The van der Waals surface area contributed by atoms with Gasteiger partial charge in [0, 0.05) is 21.0 Å². The van der Waals surface area contributed by atoms with E-state index in [1.165, 1.54) is 5.56 Å². The van der Waals surface area contributed by atoms with Crippen molar-refractivity contribution in [3.63, 3.8) is 0 Å². The molecule has 2 aliphatic rings. The third-order valence-electron chi connectivity index (χ3n) is 7.17. The second-order valence-corrected chi connectivity index (χ2v) is 17.4. The van der Waals surface area contributed by atoms with Gasteiger partial charge in [-0.2, -0.15) is 0 Å². The summed E-state index contributed by atoms with van der Waals surface area (Å²) >= 11 is 0. The van der Waals surface area contributed by atoms with Gasteiger partial charge in [-0.15, -0.1) is 0 Å². The van der Waals surface area contributed by atoms with Gasteiger partial charge < -0.3 is 24.4 Å². The second kappa shape index (κ2) is 14.7. The summed E-state index contributed by atoms with van der Waals surface area (Å²) in [5, 5.41) is 2.78. The monoisotopic (exact) mass is 546 g/mol. The first kappa shape index (κ1) is 30.2. The number of unbranched alkanes of at least 4 members (excludes halogenated alkanes) is 1. The highest BCUT2D eigenvalue weighted by Crippen LogP contribution is 2.25. The fraction of sp³-hybridized carbons (Fsp3) is 0.690. The molecule has 0 aliphatic carbocycles. The summed E-state index contributed by atoms with van der Waals surface area (Å²) in [5.41, 5.74) is 2.33. The number of benzene rings is 1. The lowest BCUT2D eigenvalue weighted by atomic mass is 10.0. The van der Waals surface area contributed by atoms with E-state index in [4.69, 9.17) is 14.2 Å². The Kier molecular flexibility index (Phi) is 11.6. The minimum atomic E-state index is -1.38. The molecule has 0 unspecified atom stereocenters. The molecular formula is C29H46N2O6Si. The van der Waals surface area contributed by atoms with Crippen molar-refractivity contribution in [3.8, 4) is 0 Å². The molecule has 2 amide bonds. The minimum Gasteiger partial charge on any atom is -0.464 e. The number of hydrogen-bond acceptors (Lipinski definition) is 6. The quantitative estimate of drug-likeness (QED) is 0.379. The van der Waals surface area contributed by atoms with Crippen LogP contribution in [-0.2, 0) is 36.8 Å². The van der Waals surface area contributed by atoms with Crippen molar-refractivity contribution in [2.45, 2.75) is 109 Å².